The molecule has 130 valence electrons. The zero-order chi connectivity index (χ0) is 17.5. The number of rotatable bonds is 8. The summed E-state index contributed by atoms with van der Waals surface area (Å²) in [6.45, 7) is 2.71. The fraction of sp³-hybridized carbons (Fsp3) is 0.438. The van der Waals surface area contributed by atoms with Crippen LogP contribution in [0, 0.1) is 4.77 Å². The van der Waals surface area contributed by atoms with Gasteiger partial charge in [0.2, 0.25) is 0 Å². The number of thioether (sulfide) groups is 1. The predicted octanol–water partition coefficient (Wildman–Crippen LogP) is 3.19. The molecule has 1 aromatic heterocycles. The van der Waals surface area contributed by atoms with Gasteiger partial charge in [-0.1, -0.05) is 0 Å². The van der Waals surface area contributed by atoms with Crippen molar-refractivity contribution in [1.29, 1.82) is 0 Å². The summed E-state index contributed by atoms with van der Waals surface area (Å²) in [4.78, 5) is 12.6. The van der Waals surface area contributed by atoms with E-state index >= 15 is 0 Å². The van der Waals surface area contributed by atoms with E-state index in [0.717, 1.165) is 23.7 Å². The molecule has 0 aliphatic rings. The van der Waals surface area contributed by atoms with Gasteiger partial charge in [0.25, 0.3) is 5.91 Å². The SMILES string of the molecule is CCn1c(C(CCSC)NC(=O)c2ccc(OC)cc2)n[nH]c1=S. The molecule has 24 heavy (non-hydrogen) atoms. The summed E-state index contributed by atoms with van der Waals surface area (Å²) in [6, 6.07) is 6.84. The Kier molecular flexibility index (Phi) is 6.86. The minimum Gasteiger partial charge on any atom is -0.497 e. The molecule has 2 aromatic rings. The minimum absolute atomic E-state index is 0.139. The topological polar surface area (TPSA) is 71.9 Å². The van der Waals surface area contributed by atoms with Crippen molar-refractivity contribution in [2.24, 2.45) is 0 Å². The van der Waals surface area contributed by atoms with Crippen LogP contribution in [0.2, 0.25) is 0 Å². The van der Waals surface area contributed by atoms with E-state index in [2.05, 4.69) is 15.5 Å². The van der Waals surface area contributed by atoms with Crippen LogP contribution in [0.1, 0.15) is 35.6 Å². The van der Waals surface area contributed by atoms with Gasteiger partial charge in [-0.15, -0.1) is 0 Å². The van der Waals surface area contributed by atoms with Gasteiger partial charge in [0.15, 0.2) is 10.6 Å². The first-order chi connectivity index (χ1) is 11.6. The van der Waals surface area contributed by atoms with E-state index < -0.39 is 0 Å². The molecule has 0 fully saturated rings. The number of hydrogen-bond acceptors (Lipinski definition) is 5. The molecule has 0 spiro atoms. The molecule has 0 aliphatic heterocycles. The van der Waals surface area contributed by atoms with Crippen LogP contribution < -0.4 is 10.1 Å². The standard InChI is InChI=1S/C16H22N4O2S2/c1-4-20-14(18-19-16(20)23)13(9-10-24-3)17-15(21)11-5-7-12(22-2)8-6-11/h5-8,13H,4,9-10H2,1-3H3,(H,17,21)(H,19,23). The van der Waals surface area contributed by atoms with Crippen LogP contribution in [0.3, 0.4) is 0 Å². The molecular formula is C16H22N4O2S2. The van der Waals surface area contributed by atoms with E-state index in [1.54, 1.807) is 43.1 Å². The molecule has 1 aromatic carbocycles. The van der Waals surface area contributed by atoms with Crippen LogP contribution >= 0.6 is 24.0 Å². The Morgan fingerprint density at radius 1 is 1.46 bits per heavy atom. The monoisotopic (exact) mass is 366 g/mol. The minimum atomic E-state index is -0.194. The molecule has 1 heterocycles. The summed E-state index contributed by atoms with van der Waals surface area (Å²) < 4.78 is 7.60. The highest BCUT2D eigenvalue weighted by molar-refractivity contribution is 7.98. The number of hydrogen-bond donors (Lipinski definition) is 2. The first-order valence-corrected chi connectivity index (χ1v) is 9.49. The molecule has 0 saturated carbocycles. The Hall–Kier alpha value is -1.80. The molecule has 0 aliphatic carbocycles. The third kappa shape index (κ3) is 4.39. The first-order valence-electron chi connectivity index (χ1n) is 7.69. The molecule has 1 amide bonds. The largest absolute Gasteiger partial charge is 0.497 e. The quantitative estimate of drug-likeness (QED) is 0.702. The number of nitrogens with one attached hydrogen (secondary N) is 2. The molecule has 1 unspecified atom stereocenters. The summed E-state index contributed by atoms with van der Waals surface area (Å²) in [7, 11) is 1.60. The van der Waals surface area contributed by atoms with Crippen molar-refractivity contribution >= 4 is 29.9 Å². The molecule has 8 heteroatoms. The predicted molar refractivity (Wildman–Crippen MR) is 99.3 cm³/mol. The van der Waals surface area contributed by atoms with Gasteiger partial charge < -0.3 is 14.6 Å². The number of H-pyrrole nitrogens is 1. The Labute approximate surface area is 151 Å². The number of carbonyl (C=O) groups is 1. The highest BCUT2D eigenvalue weighted by Crippen LogP contribution is 2.19. The van der Waals surface area contributed by atoms with Gasteiger partial charge in [0.05, 0.1) is 13.2 Å². The maximum Gasteiger partial charge on any atom is 0.251 e. The highest BCUT2D eigenvalue weighted by Gasteiger charge is 2.21. The Morgan fingerprint density at radius 3 is 2.75 bits per heavy atom. The van der Waals surface area contributed by atoms with Crippen molar-refractivity contribution in [3.8, 4) is 5.75 Å². The van der Waals surface area contributed by atoms with Crippen LogP contribution in [0.4, 0.5) is 0 Å². The van der Waals surface area contributed by atoms with Gasteiger partial charge >= 0.3 is 0 Å². The van der Waals surface area contributed by atoms with Crippen LogP contribution in [-0.4, -0.2) is 39.8 Å². The smallest absolute Gasteiger partial charge is 0.251 e. The van der Waals surface area contributed by atoms with Crippen molar-refractivity contribution in [2.75, 3.05) is 19.1 Å². The number of nitrogens with zero attached hydrogens (tertiary/aromatic N) is 2. The third-order valence-corrected chi connectivity index (χ3v) is 4.64. The summed E-state index contributed by atoms with van der Waals surface area (Å²) >= 11 is 6.98. The lowest BCUT2D eigenvalue weighted by atomic mass is 10.1. The second kappa shape index (κ2) is 8.89. The van der Waals surface area contributed by atoms with Gasteiger partial charge in [0, 0.05) is 12.1 Å². The van der Waals surface area contributed by atoms with Crippen LogP contribution in [0.25, 0.3) is 0 Å². The number of carbonyl (C=O) groups excluding carboxylic acids is 1. The molecule has 0 radical (unpaired) electrons. The van der Waals surface area contributed by atoms with Crippen LogP contribution in [-0.2, 0) is 6.54 Å². The normalized spacial score (nSPS) is 12.0. The van der Waals surface area contributed by atoms with Gasteiger partial charge in [-0.25, -0.2) is 0 Å². The zero-order valence-corrected chi connectivity index (χ0v) is 15.7. The Bertz CT molecular complexity index is 724. The van der Waals surface area contributed by atoms with Gasteiger partial charge in [0.1, 0.15) is 5.75 Å². The number of amides is 1. The fourth-order valence-electron chi connectivity index (χ4n) is 2.39. The number of aromatic nitrogens is 3. The van der Waals surface area contributed by atoms with Crippen molar-refractivity contribution in [3.05, 3.63) is 40.4 Å². The van der Waals surface area contributed by atoms with E-state index in [1.165, 1.54) is 0 Å². The number of ether oxygens (including phenoxy) is 1. The lowest BCUT2D eigenvalue weighted by Gasteiger charge is -2.18. The average Bonchev–Trinajstić information content (AvgIpc) is 2.99. The summed E-state index contributed by atoms with van der Waals surface area (Å²) in [5.74, 6) is 2.26. The lowest BCUT2D eigenvalue weighted by Crippen LogP contribution is -2.31. The molecule has 6 nitrogen and oxygen atoms in total. The lowest BCUT2D eigenvalue weighted by molar-refractivity contribution is 0.0933. The van der Waals surface area contributed by atoms with Gasteiger partial charge in [-0.2, -0.15) is 16.9 Å². The van der Waals surface area contributed by atoms with Crippen molar-refractivity contribution in [1.82, 2.24) is 20.1 Å². The molecule has 0 saturated heterocycles. The summed E-state index contributed by atoms with van der Waals surface area (Å²) in [6.07, 6.45) is 2.82. The van der Waals surface area contributed by atoms with Gasteiger partial charge in [-0.05, 0) is 61.8 Å². The zero-order valence-electron chi connectivity index (χ0n) is 14.0. The maximum absolute atomic E-state index is 12.6. The molecule has 2 N–H and O–H groups in total. The molecule has 0 bridgehead atoms. The average molecular weight is 367 g/mol. The second-order valence-electron chi connectivity index (χ2n) is 5.17. The number of benzene rings is 1. The second-order valence-corrected chi connectivity index (χ2v) is 6.54. The highest BCUT2D eigenvalue weighted by atomic mass is 32.2. The van der Waals surface area contributed by atoms with Gasteiger partial charge in [-0.3, -0.25) is 9.89 Å². The molecular weight excluding hydrogens is 344 g/mol. The van der Waals surface area contributed by atoms with E-state index in [0.29, 0.717) is 16.9 Å². The van der Waals surface area contributed by atoms with Crippen molar-refractivity contribution in [3.63, 3.8) is 0 Å². The maximum atomic E-state index is 12.6. The summed E-state index contributed by atoms with van der Waals surface area (Å²) in [5.41, 5.74) is 0.585. The van der Waals surface area contributed by atoms with E-state index in [4.69, 9.17) is 17.0 Å². The molecule has 2 rings (SSSR count). The van der Waals surface area contributed by atoms with Crippen LogP contribution in [0.5, 0.6) is 5.75 Å². The number of aromatic amines is 1. The number of methoxy groups -OCH3 is 1. The van der Waals surface area contributed by atoms with Crippen molar-refractivity contribution < 1.29 is 9.53 Å². The molecule has 1 atom stereocenters. The van der Waals surface area contributed by atoms with E-state index in [-0.39, 0.29) is 11.9 Å². The third-order valence-electron chi connectivity index (χ3n) is 3.68. The van der Waals surface area contributed by atoms with E-state index in [9.17, 15) is 4.79 Å². The van der Waals surface area contributed by atoms with Crippen molar-refractivity contribution in [2.45, 2.75) is 25.9 Å². The fourth-order valence-corrected chi connectivity index (χ4v) is 3.13. The Balaban J connectivity index is 2.21. The summed E-state index contributed by atoms with van der Waals surface area (Å²) in [5, 5.41) is 10.2. The Morgan fingerprint density at radius 2 is 2.17 bits per heavy atom. The van der Waals surface area contributed by atoms with Crippen LogP contribution in [0.15, 0.2) is 24.3 Å². The first kappa shape index (κ1) is 18.5. The van der Waals surface area contributed by atoms with E-state index in [1.807, 2.05) is 17.7 Å².